The Morgan fingerprint density at radius 1 is 1.14 bits per heavy atom. The Balaban J connectivity index is 2.78. The number of H-pyrrole nitrogens is 1. The van der Waals surface area contributed by atoms with Crippen LogP contribution in [-0.4, -0.2) is 28.9 Å². The van der Waals surface area contributed by atoms with Crippen LogP contribution in [0.25, 0.3) is 5.69 Å². The van der Waals surface area contributed by atoms with Crippen molar-refractivity contribution < 1.29 is 14.6 Å². The minimum atomic E-state index is -0.731. The molecule has 21 heavy (non-hydrogen) atoms. The minimum Gasteiger partial charge on any atom is -0.497 e. The largest absolute Gasteiger partial charge is 0.497 e. The molecule has 0 fully saturated rings. The minimum absolute atomic E-state index is 0.136. The molecule has 2 N–H and O–H groups in total. The van der Waals surface area contributed by atoms with Gasteiger partial charge in [0.2, 0.25) is 5.88 Å². The lowest BCUT2D eigenvalue weighted by molar-refractivity contribution is 0.392. The molecule has 0 saturated heterocycles. The fourth-order valence-corrected chi connectivity index (χ4v) is 2.04. The smallest absolute Gasteiger partial charge is 0.335 e. The van der Waals surface area contributed by atoms with Crippen LogP contribution >= 0.6 is 0 Å². The molecule has 1 aromatic carbocycles. The highest BCUT2D eigenvalue weighted by molar-refractivity contribution is 5.48. The monoisotopic (exact) mass is 292 g/mol. The van der Waals surface area contributed by atoms with Crippen molar-refractivity contribution in [1.82, 2.24) is 9.55 Å². The van der Waals surface area contributed by atoms with Crippen molar-refractivity contribution in [2.45, 2.75) is 13.3 Å². The predicted octanol–water partition coefficient (Wildman–Crippen LogP) is 0.811. The summed E-state index contributed by atoms with van der Waals surface area (Å²) in [6.45, 7) is 1.71. The summed E-state index contributed by atoms with van der Waals surface area (Å²) in [4.78, 5) is 25.8. The van der Waals surface area contributed by atoms with Crippen molar-refractivity contribution in [1.29, 1.82) is 0 Å². The molecular weight excluding hydrogens is 276 g/mol. The average molecular weight is 292 g/mol. The highest BCUT2D eigenvalue weighted by Gasteiger charge is 2.15. The van der Waals surface area contributed by atoms with Gasteiger partial charge in [-0.25, -0.2) is 9.36 Å². The SMILES string of the molecule is CCc1c(O)n(-c2cc(OC)cc(OC)c2)c(=O)[nH]c1=O. The summed E-state index contributed by atoms with van der Waals surface area (Å²) in [6.07, 6.45) is 0.294. The highest BCUT2D eigenvalue weighted by Crippen LogP contribution is 2.26. The number of hydrogen-bond acceptors (Lipinski definition) is 5. The second-order valence-corrected chi connectivity index (χ2v) is 4.32. The Bertz CT molecular complexity index is 754. The molecular formula is C14H16N2O5. The molecule has 1 aromatic heterocycles. The van der Waals surface area contributed by atoms with Crippen molar-refractivity contribution in [3.05, 3.63) is 44.6 Å². The topological polar surface area (TPSA) is 93.6 Å². The van der Waals surface area contributed by atoms with E-state index < -0.39 is 11.2 Å². The van der Waals surface area contributed by atoms with Gasteiger partial charge in [0.25, 0.3) is 5.56 Å². The molecule has 0 aliphatic rings. The zero-order valence-electron chi connectivity index (χ0n) is 12.0. The molecule has 0 amide bonds. The molecule has 112 valence electrons. The van der Waals surface area contributed by atoms with E-state index in [-0.39, 0.29) is 11.4 Å². The lowest BCUT2D eigenvalue weighted by Gasteiger charge is -2.13. The number of hydrogen-bond donors (Lipinski definition) is 2. The lowest BCUT2D eigenvalue weighted by Crippen LogP contribution is -2.31. The Morgan fingerprint density at radius 3 is 2.19 bits per heavy atom. The van der Waals surface area contributed by atoms with E-state index in [1.165, 1.54) is 14.2 Å². The van der Waals surface area contributed by atoms with E-state index in [2.05, 4.69) is 4.98 Å². The third-order valence-electron chi connectivity index (χ3n) is 3.13. The molecule has 7 heteroatoms. The third-order valence-corrected chi connectivity index (χ3v) is 3.13. The van der Waals surface area contributed by atoms with Crippen LogP contribution in [0.3, 0.4) is 0 Å². The molecule has 7 nitrogen and oxygen atoms in total. The molecule has 2 aromatic rings. The van der Waals surface area contributed by atoms with Gasteiger partial charge in [-0.2, -0.15) is 0 Å². The van der Waals surface area contributed by atoms with Gasteiger partial charge in [-0.05, 0) is 6.42 Å². The van der Waals surface area contributed by atoms with Crippen LogP contribution in [-0.2, 0) is 6.42 Å². The average Bonchev–Trinajstić information content (AvgIpc) is 2.46. The van der Waals surface area contributed by atoms with Gasteiger partial charge in [-0.1, -0.05) is 6.92 Å². The summed E-state index contributed by atoms with van der Waals surface area (Å²) < 4.78 is 11.3. The number of nitrogens with one attached hydrogen (secondary N) is 1. The molecule has 2 rings (SSSR count). The zero-order chi connectivity index (χ0) is 15.6. The number of nitrogens with zero attached hydrogens (tertiary/aromatic N) is 1. The van der Waals surface area contributed by atoms with Gasteiger partial charge in [-0.15, -0.1) is 0 Å². The van der Waals surface area contributed by atoms with E-state index >= 15 is 0 Å². The van der Waals surface area contributed by atoms with Crippen molar-refractivity contribution in [3.8, 4) is 23.1 Å². The van der Waals surface area contributed by atoms with E-state index in [1.807, 2.05) is 0 Å². The van der Waals surface area contributed by atoms with Crippen LogP contribution in [0.1, 0.15) is 12.5 Å². The molecule has 0 saturated carbocycles. The fraction of sp³-hybridized carbons (Fsp3) is 0.286. The van der Waals surface area contributed by atoms with E-state index in [0.29, 0.717) is 23.6 Å². The Morgan fingerprint density at radius 2 is 1.71 bits per heavy atom. The van der Waals surface area contributed by atoms with Gasteiger partial charge >= 0.3 is 5.69 Å². The van der Waals surface area contributed by atoms with Crippen LogP contribution in [0.4, 0.5) is 0 Å². The summed E-state index contributed by atoms with van der Waals surface area (Å²) in [7, 11) is 2.96. The normalized spacial score (nSPS) is 10.4. The van der Waals surface area contributed by atoms with E-state index in [4.69, 9.17) is 9.47 Å². The first-order chi connectivity index (χ1) is 10.0. The molecule has 0 atom stereocenters. The van der Waals surface area contributed by atoms with E-state index in [1.54, 1.807) is 25.1 Å². The maximum atomic E-state index is 12.0. The van der Waals surface area contributed by atoms with Gasteiger partial charge in [-0.3, -0.25) is 9.78 Å². The zero-order valence-corrected chi connectivity index (χ0v) is 12.0. The van der Waals surface area contributed by atoms with Crippen LogP contribution in [0.5, 0.6) is 17.4 Å². The quantitative estimate of drug-likeness (QED) is 0.869. The Kier molecular flexibility index (Phi) is 4.02. The first kappa shape index (κ1) is 14.7. The molecule has 0 radical (unpaired) electrons. The summed E-state index contributed by atoms with van der Waals surface area (Å²) in [5.74, 6) is 0.529. The standard InChI is InChI=1S/C14H16N2O5/c1-4-11-12(17)15-14(19)16(13(11)18)8-5-9(20-2)7-10(6-8)21-3/h5-7,18H,4H2,1-3H3,(H,15,17,19). The number of aromatic nitrogens is 2. The summed E-state index contributed by atoms with van der Waals surface area (Å²) >= 11 is 0. The van der Waals surface area contributed by atoms with Crippen LogP contribution in [0.2, 0.25) is 0 Å². The predicted molar refractivity (Wildman–Crippen MR) is 76.8 cm³/mol. The maximum absolute atomic E-state index is 12.0. The second kappa shape index (κ2) is 5.74. The molecule has 0 spiro atoms. The second-order valence-electron chi connectivity index (χ2n) is 4.32. The number of aromatic hydroxyl groups is 1. The Labute approximate surface area is 120 Å². The van der Waals surface area contributed by atoms with Crippen molar-refractivity contribution >= 4 is 0 Å². The van der Waals surface area contributed by atoms with Crippen LogP contribution in [0, 0.1) is 0 Å². The third kappa shape index (κ3) is 2.62. The van der Waals surface area contributed by atoms with Gasteiger partial charge in [0.1, 0.15) is 11.5 Å². The van der Waals surface area contributed by atoms with Crippen molar-refractivity contribution in [2.24, 2.45) is 0 Å². The van der Waals surface area contributed by atoms with Gasteiger partial charge < -0.3 is 14.6 Å². The lowest BCUT2D eigenvalue weighted by atomic mass is 10.2. The molecule has 0 bridgehead atoms. The van der Waals surface area contributed by atoms with Crippen molar-refractivity contribution in [2.75, 3.05) is 14.2 Å². The first-order valence-electron chi connectivity index (χ1n) is 6.32. The number of benzene rings is 1. The molecule has 0 aliphatic carbocycles. The number of methoxy groups -OCH3 is 2. The van der Waals surface area contributed by atoms with E-state index in [0.717, 1.165) is 4.57 Å². The summed E-state index contributed by atoms with van der Waals surface area (Å²) in [6, 6.07) is 4.75. The number of ether oxygens (including phenoxy) is 2. The van der Waals surface area contributed by atoms with Crippen molar-refractivity contribution in [3.63, 3.8) is 0 Å². The van der Waals surface area contributed by atoms with Gasteiger partial charge in [0, 0.05) is 18.2 Å². The fourth-order valence-electron chi connectivity index (χ4n) is 2.04. The number of aromatic amines is 1. The molecule has 0 unspecified atom stereocenters. The van der Waals surface area contributed by atoms with Gasteiger partial charge in [0.15, 0.2) is 0 Å². The van der Waals surface area contributed by atoms with Crippen LogP contribution < -0.4 is 20.7 Å². The van der Waals surface area contributed by atoms with Crippen LogP contribution in [0.15, 0.2) is 27.8 Å². The highest BCUT2D eigenvalue weighted by atomic mass is 16.5. The molecule has 0 aliphatic heterocycles. The van der Waals surface area contributed by atoms with Gasteiger partial charge in [0.05, 0.1) is 25.5 Å². The summed E-state index contributed by atoms with van der Waals surface area (Å²) in [5.41, 5.74) is -0.854. The summed E-state index contributed by atoms with van der Waals surface area (Å²) in [5, 5.41) is 10.2. The maximum Gasteiger partial charge on any atom is 0.335 e. The molecule has 1 heterocycles. The van der Waals surface area contributed by atoms with E-state index in [9.17, 15) is 14.7 Å². The Hall–Kier alpha value is -2.70. The number of rotatable bonds is 4. The first-order valence-corrected chi connectivity index (χ1v) is 6.32.